The molecule has 7 heteroatoms. The Kier molecular flexibility index (Phi) is 4.67. The SMILES string of the molecule is CCCN1C(=O)C2(c3ccccc31)c1c(oc3ccc(C)cc3c1=O)C(=O)N2CCCO. The van der Waals surface area contributed by atoms with Crippen molar-refractivity contribution in [3.8, 4) is 0 Å². The van der Waals surface area contributed by atoms with E-state index < -0.39 is 11.4 Å². The van der Waals surface area contributed by atoms with E-state index in [0.29, 0.717) is 28.8 Å². The Bertz CT molecular complexity index is 1330. The van der Waals surface area contributed by atoms with Gasteiger partial charge in [0.25, 0.3) is 11.8 Å². The molecule has 2 aliphatic heterocycles. The number of hydrogen-bond acceptors (Lipinski definition) is 5. The minimum absolute atomic E-state index is 0.0783. The monoisotopic (exact) mass is 432 g/mol. The Morgan fingerprint density at radius 2 is 1.84 bits per heavy atom. The van der Waals surface area contributed by atoms with Gasteiger partial charge in [0.05, 0.1) is 16.6 Å². The molecule has 0 saturated carbocycles. The van der Waals surface area contributed by atoms with Crippen LogP contribution >= 0.6 is 0 Å². The van der Waals surface area contributed by atoms with Crippen molar-refractivity contribution in [3.63, 3.8) is 0 Å². The number of anilines is 1. The molecule has 1 N–H and O–H groups in total. The second-order valence-electron chi connectivity index (χ2n) is 8.35. The van der Waals surface area contributed by atoms with Crippen molar-refractivity contribution in [3.05, 3.63) is 75.1 Å². The number of carbonyl (C=O) groups excluding carboxylic acids is 2. The first-order valence-corrected chi connectivity index (χ1v) is 10.9. The number of carbonyl (C=O) groups is 2. The number of fused-ring (bicyclic) bond motifs is 5. The normalized spacial score (nSPS) is 19.3. The van der Waals surface area contributed by atoms with Gasteiger partial charge in [0.15, 0.2) is 11.0 Å². The highest BCUT2D eigenvalue weighted by Crippen LogP contribution is 2.52. The van der Waals surface area contributed by atoms with Crippen LogP contribution in [0.15, 0.2) is 51.7 Å². The first-order valence-electron chi connectivity index (χ1n) is 10.9. The van der Waals surface area contributed by atoms with E-state index in [1.807, 2.05) is 38.1 Å². The Balaban J connectivity index is 1.90. The molecule has 3 aromatic rings. The van der Waals surface area contributed by atoms with Crippen molar-refractivity contribution in [2.75, 3.05) is 24.6 Å². The summed E-state index contributed by atoms with van der Waals surface area (Å²) in [6, 6.07) is 12.5. The first kappa shape index (κ1) is 20.5. The number of benzene rings is 2. The van der Waals surface area contributed by atoms with Crippen molar-refractivity contribution < 1.29 is 19.1 Å². The van der Waals surface area contributed by atoms with Crippen LogP contribution in [-0.4, -0.2) is 41.5 Å². The molecule has 0 fully saturated rings. The number of amides is 2. The average molecular weight is 432 g/mol. The van der Waals surface area contributed by atoms with Gasteiger partial charge in [-0.1, -0.05) is 36.8 Å². The number of aliphatic hydroxyl groups is 1. The van der Waals surface area contributed by atoms with E-state index in [1.165, 1.54) is 4.90 Å². The second-order valence-corrected chi connectivity index (χ2v) is 8.35. The van der Waals surface area contributed by atoms with E-state index in [0.717, 1.165) is 12.0 Å². The van der Waals surface area contributed by atoms with Crippen LogP contribution in [0.1, 0.15) is 47.0 Å². The molecule has 0 saturated heterocycles. The topological polar surface area (TPSA) is 91.1 Å². The predicted octanol–water partition coefficient (Wildman–Crippen LogP) is 2.94. The lowest BCUT2D eigenvalue weighted by molar-refractivity contribution is -0.126. The van der Waals surface area contributed by atoms with Crippen molar-refractivity contribution in [1.29, 1.82) is 0 Å². The van der Waals surface area contributed by atoms with Gasteiger partial charge < -0.3 is 19.3 Å². The van der Waals surface area contributed by atoms with Gasteiger partial charge in [-0.15, -0.1) is 0 Å². The smallest absolute Gasteiger partial charge is 0.291 e. The lowest BCUT2D eigenvalue weighted by Crippen LogP contribution is -2.53. The summed E-state index contributed by atoms with van der Waals surface area (Å²) in [6.07, 6.45) is 0.997. The number of para-hydroxylation sites is 1. The summed E-state index contributed by atoms with van der Waals surface area (Å²) in [5.74, 6) is -0.926. The van der Waals surface area contributed by atoms with Crippen LogP contribution < -0.4 is 10.3 Å². The molecule has 1 atom stereocenters. The van der Waals surface area contributed by atoms with Crippen LogP contribution in [0.25, 0.3) is 11.0 Å². The van der Waals surface area contributed by atoms with Gasteiger partial charge in [0.2, 0.25) is 5.76 Å². The molecule has 32 heavy (non-hydrogen) atoms. The van der Waals surface area contributed by atoms with Crippen LogP contribution in [0.2, 0.25) is 0 Å². The third kappa shape index (κ3) is 2.48. The number of nitrogens with zero attached hydrogens (tertiary/aromatic N) is 2. The molecule has 2 aromatic carbocycles. The zero-order valence-corrected chi connectivity index (χ0v) is 18.1. The molecule has 1 unspecified atom stereocenters. The fraction of sp³-hybridized carbons (Fsp3) is 0.320. The summed E-state index contributed by atoms with van der Waals surface area (Å²) in [7, 11) is 0. The fourth-order valence-corrected chi connectivity index (χ4v) is 5.08. The predicted molar refractivity (Wildman–Crippen MR) is 120 cm³/mol. The number of hydrogen-bond donors (Lipinski definition) is 1. The lowest BCUT2D eigenvalue weighted by atomic mass is 9.84. The molecule has 0 radical (unpaired) electrons. The maximum Gasteiger partial charge on any atom is 0.291 e. The highest BCUT2D eigenvalue weighted by Gasteiger charge is 2.64. The van der Waals surface area contributed by atoms with Crippen LogP contribution in [-0.2, 0) is 10.3 Å². The molecule has 7 nitrogen and oxygen atoms in total. The summed E-state index contributed by atoms with van der Waals surface area (Å²) in [4.78, 5) is 44.6. The summed E-state index contributed by atoms with van der Waals surface area (Å²) < 4.78 is 5.98. The van der Waals surface area contributed by atoms with Crippen LogP contribution in [0, 0.1) is 6.92 Å². The van der Waals surface area contributed by atoms with Gasteiger partial charge in [0, 0.05) is 25.3 Å². The maximum atomic E-state index is 14.1. The first-order chi connectivity index (χ1) is 15.5. The quantitative estimate of drug-likeness (QED) is 0.669. The molecule has 164 valence electrons. The Labute approximate surface area is 184 Å². The van der Waals surface area contributed by atoms with Crippen LogP contribution in [0.5, 0.6) is 0 Å². The van der Waals surface area contributed by atoms with Gasteiger partial charge in [-0.2, -0.15) is 0 Å². The van der Waals surface area contributed by atoms with Gasteiger partial charge in [-0.25, -0.2) is 0 Å². The highest BCUT2D eigenvalue weighted by molar-refractivity contribution is 6.17. The highest BCUT2D eigenvalue weighted by atomic mass is 16.3. The summed E-state index contributed by atoms with van der Waals surface area (Å²) >= 11 is 0. The molecule has 1 aromatic heterocycles. The molecule has 2 aliphatic rings. The zero-order valence-electron chi connectivity index (χ0n) is 18.1. The molecular weight excluding hydrogens is 408 g/mol. The maximum absolute atomic E-state index is 14.1. The summed E-state index contributed by atoms with van der Waals surface area (Å²) in [6.45, 7) is 4.29. The van der Waals surface area contributed by atoms with Crippen molar-refractivity contribution >= 4 is 28.5 Å². The van der Waals surface area contributed by atoms with Crippen molar-refractivity contribution in [2.24, 2.45) is 0 Å². The van der Waals surface area contributed by atoms with Gasteiger partial charge >= 0.3 is 0 Å². The van der Waals surface area contributed by atoms with Gasteiger partial charge in [-0.3, -0.25) is 14.4 Å². The number of rotatable bonds is 5. The molecule has 1 spiro atoms. The third-order valence-electron chi connectivity index (χ3n) is 6.38. The third-order valence-corrected chi connectivity index (χ3v) is 6.38. The van der Waals surface area contributed by atoms with Gasteiger partial charge in [0.1, 0.15) is 5.58 Å². The Morgan fingerprint density at radius 3 is 2.59 bits per heavy atom. The molecule has 5 rings (SSSR count). The van der Waals surface area contributed by atoms with Crippen LogP contribution in [0.4, 0.5) is 5.69 Å². The molecule has 0 bridgehead atoms. The molecule has 2 amide bonds. The Morgan fingerprint density at radius 1 is 1.06 bits per heavy atom. The number of aliphatic hydroxyl groups excluding tert-OH is 1. The van der Waals surface area contributed by atoms with Crippen molar-refractivity contribution in [1.82, 2.24) is 4.90 Å². The number of aryl methyl sites for hydroxylation is 1. The summed E-state index contributed by atoms with van der Waals surface area (Å²) in [5.41, 5.74) is 0.606. The average Bonchev–Trinajstić information content (AvgIpc) is 3.18. The second kappa shape index (κ2) is 7.31. The van der Waals surface area contributed by atoms with E-state index in [4.69, 9.17) is 4.42 Å². The molecule has 0 aliphatic carbocycles. The minimum Gasteiger partial charge on any atom is -0.450 e. The standard InChI is InChI=1S/C25H24N2O5/c1-3-11-26-18-8-5-4-7-17(18)25(24(26)31)20-21(29)16-14-15(2)9-10-19(16)32-22(20)23(30)27(25)12-6-13-28/h4-5,7-10,14,28H,3,6,11-13H2,1-2H3. The van der Waals surface area contributed by atoms with Crippen LogP contribution in [0.3, 0.4) is 0 Å². The van der Waals surface area contributed by atoms with E-state index >= 15 is 0 Å². The van der Waals surface area contributed by atoms with Gasteiger partial charge in [-0.05, 0) is 38.0 Å². The van der Waals surface area contributed by atoms with Crippen molar-refractivity contribution in [2.45, 2.75) is 32.2 Å². The summed E-state index contributed by atoms with van der Waals surface area (Å²) in [5, 5.41) is 9.83. The van der Waals surface area contributed by atoms with E-state index in [-0.39, 0.29) is 42.2 Å². The largest absolute Gasteiger partial charge is 0.450 e. The van der Waals surface area contributed by atoms with E-state index in [1.54, 1.807) is 23.1 Å². The minimum atomic E-state index is -1.59. The Hall–Kier alpha value is -3.45. The molecular formula is C25H24N2O5. The zero-order chi connectivity index (χ0) is 22.6. The lowest BCUT2D eigenvalue weighted by Gasteiger charge is -2.34. The van der Waals surface area contributed by atoms with E-state index in [9.17, 15) is 19.5 Å². The van der Waals surface area contributed by atoms with E-state index in [2.05, 4.69) is 0 Å². The molecule has 3 heterocycles. The fourth-order valence-electron chi connectivity index (χ4n) is 5.08.